The number of anilines is 1. The molecule has 3 aliphatic rings. The molecule has 0 bridgehead atoms. The number of Topliss-reactive ketones (excluding diaryl/α,β-unsaturated/α-hetero) is 1. The van der Waals surface area contributed by atoms with Crippen LogP contribution in [0.5, 0.6) is 0 Å². The summed E-state index contributed by atoms with van der Waals surface area (Å²) in [6.45, 7) is 5.53. The molecule has 1 aromatic rings. The summed E-state index contributed by atoms with van der Waals surface area (Å²) in [5, 5.41) is 10.1. The molecule has 0 radical (unpaired) electrons. The Hall–Kier alpha value is -1.62. The van der Waals surface area contributed by atoms with Crippen LogP contribution in [-0.2, 0) is 4.79 Å². The Morgan fingerprint density at radius 3 is 2.47 bits per heavy atom. The van der Waals surface area contributed by atoms with Crippen LogP contribution in [0.1, 0.15) is 105 Å². The molecule has 2 saturated carbocycles. The van der Waals surface area contributed by atoms with Gasteiger partial charge >= 0.3 is 5.97 Å². The van der Waals surface area contributed by atoms with Crippen LogP contribution in [0.25, 0.3) is 5.57 Å². The number of aromatic carboxylic acids is 1. The van der Waals surface area contributed by atoms with Crippen molar-refractivity contribution in [2.24, 2.45) is 17.8 Å². The van der Waals surface area contributed by atoms with Crippen LogP contribution in [-0.4, -0.2) is 29.4 Å². The lowest BCUT2D eigenvalue weighted by atomic mass is 9.82. The predicted octanol–water partition coefficient (Wildman–Crippen LogP) is 7.18. The third kappa shape index (κ3) is 5.47. The van der Waals surface area contributed by atoms with E-state index in [9.17, 15) is 14.7 Å². The van der Waals surface area contributed by atoms with E-state index in [0.717, 1.165) is 48.7 Å². The summed E-state index contributed by atoms with van der Waals surface area (Å²) in [6, 6.07) is 2.45. The van der Waals surface area contributed by atoms with Crippen molar-refractivity contribution >= 4 is 34.3 Å². The molecule has 4 nitrogen and oxygen atoms in total. The highest BCUT2D eigenvalue weighted by atomic mass is 32.1. The van der Waals surface area contributed by atoms with E-state index >= 15 is 0 Å². The zero-order chi connectivity index (χ0) is 22.7. The standard InChI is InChI=1S/C27H39NO3S/c1-3-19-5-4-6-21(15-19)25-16-24(26(32-25)27(30)31)28(22-11-13-23(29)14-12-22)17-20-9-7-18(2)8-10-20/h6,16,18-20,22H,3-5,7-15,17H2,1-2H3,(H,30,31). The molecule has 2 fully saturated rings. The number of nitrogens with zero attached hydrogens (tertiary/aromatic N) is 1. The maximum Gasteiger partial charge on any atom is 0.348 e. The van der Waals surface area contributed by atoms with Gasteiger partial charge in [0.15, 0.2) is 0 Å². The number of carbonyl (C=O) groups excluding carboxylic acids is 1. The van der Waals surface area contributed by atoms with Gasteiger partial charge < -0.3 is 10.0 Å². The summed E-state index contributed by atoms with van der Waals surface area (Å²) in [5.74, 6) is 1.67. The van der Waals surface area contributed by atoms with Crippen molar-refractivity contribution in [3.63, 3.8) is 0 Å². The van der Waals surface area contributed by atoms with Crippen LogP contribution in [0.2, 0.25) is 0 Å². The van der Waals surface area contributed by atoms with Crippen molar-refractivity contribution in [3.8, 4) is 0 Å². The molecule has 1 aromatic heterocycles. The van der Waals surface area contributed by atoms with Crippen molar-refractivity contribution in [2.75, 3.05) is 11.4 Å². The fourth-order valence-electron chi connectivity index (χ4n) is 5.92. The van der Waals surface area contributed by atoms with E-state index in [-0.39, 0.29) is 6.04 Å². The molecular formula is C27H39NO3S. The summed E-state index contributed by atoms with van der Waals surface area (Å²) >= 11 is 1.47. The van der Waals surface area contributed by atoms with E-state index in [1.54, 1.807) is 0 Å². The molecule has 0 aliphatic heterocycles. The van der Waals surface area contributed by atoms with Gasteiger partial charge in [0, 0.05) is 30.3 Å². The second kappa shape index (κ2) is 10.5. The summed E-state index contributed by atoms with van der Waals surface area (Å²) in [5.41, 5.74) is 2.25. The van der Waals surface area contributed by atoms with Crippen LogP contribution in [0.3, 0.4) is 0 Å². The number of carbonyl (C=O) groups is 2. The van der Waals surface area contributed by atoms with Gasteiger partial charge in [0.05, 0.1) is 5.69 Å². The van der Waals surface area contributed by atoms with Crippen molar-refractivity contribution in [1.82, 2.24) is 0 Å². The Labute approximate surface area is 197 Å². The van der Waals surface area contributed by atoms with Gasteiger partial charge in [0.1, 0.15) is 10.7 Å². The lowest BCUT2D eigenvalue weighted by Gasteiger charge is -2.39. The summed E-state index contributed by atoms with van der Waals surface area (Å²) in [6.07, 6.45) is 14.9. The number of ketones is 1. The van der Waals surface area contributed by atoms with Gasteiger partial charge in [-0.05, 0) is 74.3 Å². The maximum atomic E-state index is 12.3. The highest BCUT2D eigenvalue weighted by Crippen LogP contribution is 2.42. The smallest absolute Gasteiger partial charge is 0.348 e. The maximum absolute atomic E-state index is 12.3. The van der Waals surface area contributed by atoms with Gasteiger partial charge in [0.2, 0.25) is 0 Å². The largest absolute Gasteiger partial charge is 0.477 e. The number of allylic oxidation sites excluding steroid dienone is 2. The highest BCUT2D eigenvalue weighted by molar-refractivity contribution is 7.15. The van der Waals surface area contributed by atoms with Gasteiger partial charge in [-0.1, -0.05) is 39.2 Å². The summed E-state index contributed by atoms with van der Waals surface area (Å²) in [4.78, 5) is 28.3. The van der Waals surface area contributed by atoms with Crippen molar-refractivity contribution in [3.05, 3.63) is 21.9 Å². The molecule has 1 unspecified atom stereocenters. The first-order valence-corrected chi connectivity index (χ1v) is 13.6. The second-order valence-corrected chi connectivity index (χ2v) is 11.5. The minimum atomic E-state index is -0.811. The van der Waals surface area contributed by atoms with Crippen LogP contribution in [0, 0.1) is 17.8 Å². The van der Waals surface area contributed by atoms with Crippen LogP contribution >= 0.6 is 11.3 Å². The first-order chi connectivity index (χ1) is 15.4. The van der Waals surface area contributed by atoms with E-state index in [1.807, 2.05) is 0 Å². The van der Waals surface area contributed by atoms with Crippen molar-refractivity contribution < 1.29 is 14.7 Å². The minimum absolute atomic E-state index is 0.274. The SMILES string of the molecule is CCC1CCC=C(c2cc(N(CC3CCC(C)CC3)C3CCC(=O)CC3)c(C(=O)O)s2)C1. The topological polar surface area (TPSA) is 57.6 Å². The zero-order valence-corrected chi connectivity index (χ0v) is 20.6. The first kappa shape index (κ1) is 23.5. The van der Waals surface area contributed by atoms with Gasteiger partial charge in [0.25, 0.3) is 0 Å². The van der Waals surface area contributed by atoms with Gasteiger partial charge in [-0.3, -0.25) is 4.79 Å². The number of hydrogen-bond donors (Lipinski definition) is 1. The van der Waals surface area contributed by atoms with Crippen molar-refractivity contribution in [2.45, 2.75) is 96.9 Å². The Balaban J connectivity index is 1.64. The van der Waals surface area contributed by atoms with Crippen LogP contribution in [0.4, 0.5) is 5.69 Å². The Morgan fingerprint density at radius 2 is 1.81 bits per heavy atom. The van der Waals surface area contributed by atoms with Crippen LogP contribution in [0.15, 0.2) is 12.1 Å². The molecular weight excluding hydrogens is 418 g/mol. The average molecular weight is 458 g/mol. The molecule has 176 valence electrons. The van der Waals surface area contributed by atoms with Gasteiger partial charge in [-0.2, -0.15) is 0 Å². The molecule has 3 aliphatic carbocycles. The second-order valence-electron chi connectivity index (χ2n) is 10.5. The zero-order valence-electron chi connectivity index (χ0n) is 19.8. The average Bonchev–Trinajstić information content (AvgIpc) is 3.25. The highest BCUT2D eigenvalue weighted by Gasteiger charge is 2.32. The van der Waals surface area contributed by atoms with E-state index in [4.69, 9.17) is 0 Å². The molecule has 0 aromatic carbocycles. The monoisotopic (exact) mass is 457 g/mol. The van der Waals surface area contributed by atoms with Gasteiger partial charge in [-0.15, -0.1) is 11.3 Å². The van der Waals surface area contributed by atoms with Crippen molar-refractivity contribution in [1.29, 1.82) is 0 Å². The molecule has 1 atom stereocenters. The Morgan fingerprint density at radius 1 is 1.09 bits per heavy atom. The molecule has 5 heteroatoms. The first-order valence-electron chi connectivity index (χ1n) is 12.8. The normalized spacial score (nSPS) is 27.2. The number of thiophene rings is 1. The Bertz CT molecular complexity index is 839. The predicted molar refractivity (Wildman–Crippen MR) is 133 cm³/mol. The third-order valence-electron chi connectivity index (χ3n) is 8.13. The van der Waals surface area contributed by atoms with E-state index in [1.165, 1.54) is 55.4 Å². The molecule has 32 heavy (non-hydrogen) atoms. The molecule has 4 rings (SSSR count). The number of carboxylic acids is 1. The Kier molecular flexibility index (Phi) is 7.75. The van der Waals surface area contributed by atoms with E-state index in [0.29, 0.717) is 35.3 Å². The number of hydrogen-bond acceptors (Lipinski definition) is 4. The number of carboxylic acid groups (broad SMARTS) is 1. The summed E-state index contributed by atoms with van der Waals surface area (Å²) in [7, 11) is 0. The quantitative estimate of drug-likeness (QED) is 0.471. The molecule has 1 N–H and O–H groups in total. The van der Waals surface area contributed by atoms with Gasteiger partial charge in [-0.25, -0.2) is 4.79 Å². The lowest BCUT2D eigenvalue weighted by molar-refractivity contribution is -0.120. The third-order valence-corrected chi connectivity index (χ3v) is 9.32. The van der Waals surface area contributed by atoms with E-state index in [2.05, 4.69) is 30.9 Å². The summed E-state index contributed by atoms with van der Waals surface area (Å²) < 4.78 is 0. The number of rotatable bonds is 7. The molecule has 0 saturated heterocycles. The van der Waals surface area contributed by atoms with E-state index < -0.39 is 5.97 Å². The van der Waals surface area contributed by atoms with Crippen LogP contribution < -0.4 is 4.90 Å². The minimum Gasteiger partial charge on any atom is -0.477 e. The molecule has 0 amide bonds. The fourth-order valence-corrected chi connectivity index (χ4v) is 6.97. The fraction of sp³-hybridized carbons (Fsp3) is 0.704. The molecule has 1 heterocycles. The molecule has 0 spiro atoms. The lowest BCUT2D eigenvalue weighted by Crippen LogP contribution is -2.42.